The first-order chi connectivity index (χ1) is 7.77. The highest BCUT2D eigenvalue weighted by molar-refractivity contribution is 4.91. The second kappa shape index (κ2) is 5.17. The van der Waals surface area contributed by atoms with Crippen molar-refractivity contribution in [2.45, 2.75) is 65.5 Å². The van der Waals surface area contributed by atoms with Crippen LogP contribution >= 0.6 is 0 Å². The quantitative estimate of drug-likeness (QED) is 0.766. The van der Waals surface area contributed by atoms with Gasteiger partial charge in [0.25, 0.3) is 0 Å². The molecule has 0 atom stereocenters. The van der Waals surface area contributed by atoms with Crippen LogP contribution in [-0.4, -0.2) is 27.2 Å². The molecule has 0 aliphatic heterocycles. The molecule has 0 unspecified atom stereocenters. The largest absolute Gasteiger partial charge is 0.373 e. The fourth-order valence-electron chi connectivity index (χ4n) is 1.76. The van der Waals surface area contributed by atoms with E-state index < -0.39 is 0 Å². The van der Waals surface area contributed by atoms with E-state index in [1.54, 1.807) is 0 Å². The molecule has 98 valence electrons. The Labute approximate surface area is 104 Å². The van der Waals surface area contributed by atoms with Gasteiger partial charge in [0.05, 0.1) is 23.4 Å². The van der Waals surface area contributed by atoms with Gasteiger partial charge < -0.3 is 4.74 Å². The average molecular weight is 239 g/mol. The first-order valence-electron chi connectivity index (χ1n) is 6.30. The van der Waals surface area contributed by atoms with Crippen LogP contribution in [0.25, 0.3) is 0 Å². The van der Waals surface area contributed by atoms with Crippen molar-refractivity contribution < 1.29 is 4.74 Å². The minimum atomic E-state index is -0.160. The summed E-state index contributed by atoms with van der Waals surface area (Å²) in [5.41, 5.74) is 0.708. The molecular weight excluding hydrogens is 214 g/mol. The highest BCUT2D eigenvalue weighted by Crippen LogP contribution is 2.22. The van der Waals surface area contributed by atoms with Crippen LogP contribution in [0.15, 0.2) is 6.20 Å². The zero-order valence-electron chi connectivity index (χ0n) is 11.9. The van der Waals surface area contributed by atoms with Gasteiger partial charge in [0, 0.05) is 6.20 Å². The van der Waals surface area contributed by atoms with Crippen LogP contribution in [0.1, 0.15) is 53.2 Å². The molecule has 0 aromatic carbocycles. The van der Waals surface area contributed by atoms with Gasteiger partial charge in [-0.05, 0) is 41.0 Å². The molecule has 1 heterocycles. The second-order valence-electron chi connectivity index (χ2n) is 5.92. The molecule has 0 fully saturated rings. The molecule has 0 bridgehead atoms. The summed E-state index contributed by atoms with van der Waals surface area (Å²) in [6, 6.07) is 0. The van der Waals surface area contributed by atoms with Crippen LogP contribution in [0.4, 0.5) is 0 Å². The van der Waals surface area contributed by atoms with Crippen molar-refractivity contribution >= 4 is 0 Å². The molecule has 4 nitrogen and oxygen atoms in total. The van der Waals surface area contributed by atoms with E-state index in [-0.39, 0.29) is 11.1 Å². The zero-order valence-corrected chi connectivity index (χ0v) is 11.9. The topological polar surface area (TPSA) is 39.9 Å². The van der Waals surface area contributed by atoms with Gasteiger partial charge in [-0.15, -0.1) is 5.10 Å². The standard InChI is InChI=1S/C13H25N3O/c1-7-8-13(5,6)17-10-12(3,4)16-9-11(2)14-15-16/h9H,7-8,10H2,1-6H3. The first-order valence-corrected chi connectivity index (χ1v) is 6.30. The minimum Gasteiger partial charge on any atom is -0.373 e. The summed E-state index contributed by atoms with van der Waals surface area (Å²) in [5.74, 6) is 0. The lowest BCUT2D eigenvalue weighted by Gasteiger charge is -2.31. The number of hydrogen-bond donors (Lipinski definition) is 0. The molecule has 0 radical (unpaired) electrons. The normalized spacial score (nSPS) is 13.1. The van der Waals surface area contributed by atoms with Crippen LogP contribution in [0.2, 0.25) is 0 Å². The molecule has 0 spiro atoms. The van der Waals surface area contributed by atoms with E-state index in [4.69, 9.17) is 4.74 Å². The molecule has 0 saturated heterocycles. The highest BCUT2D eigenvalue weighted by Gasteiger charge is 2.26. The average Bonchev–Trinajstić information content (AvgIpc) is 2.63. The fraction of sp³-hybridized carbons (Fsp3) is 0.846. The summed E-state index contributed by atoms with van der Waals surface area (Å²) in [6.07, 6.45) is 4.16. The summed E-state index contributed by atoms with van der Waals surface area (Å²) in [4.78, 5) is 0. The molecule has 4 heteroatoms. The van der Waals surface area contributed by atoms with Gasteiger partial charge in [0.15, 0.2) is 0 Å². The van der Waals surface area contributed by atoms with E-state index in [2.05, 4.69) is 44.9 Å². The Balaban J connectivity index is 2.61. The van der Waals surface area contributed by atoms with Crippen LogP contribution in [0, 0.1) is 6.92 Å². The monoisotopic (exact) mass is 239 g/mol. The van der Waals surface area contributed by atoms with E-state index in [1.807, 2.05) is 17.8 Å². The Kier molecular flexibility index (Phi) is 4.31. The Morgan fingerprint density at radius 3 is 2.41 bits per heavy atom. The summed E-state index contributed by atoms with van der Waals surface area (Å²) >= 11 is 0. The molecule has 0 amide bonds. The van der Waals surface area contributed by atoms with Crippen LogP contribution in [0.5, 0.6) is 0 Å². The lowest BCUT2D eigenvalue weighted by molar-refractivity contribution is -0.0585. The van der Waals surface area contributed by atoms with Crippen molar-refractivity contribution in [3.8, 4) is 0 Å². The summed E-state index contributed by atoms with van der Waals surface area (Å²) in [6.45, 7) is 13.3. The maximum absolute atomic E-state index is 6.01. The van der Waals surface area contributed by atoms with Gasteiger partial charge in [-0.25, -0.2) is 4.68 Å². The number of aryl methyl sites for hydroxylation is 1. The Hall–Kier alpha value is -0.900. The van der Waals surface area contributed by atoms with Crippen LogP contribution in [-0.2, 0) is 10.3 Å². The van der Waals surface area contributed by atoms with Crippen molar-refractivity contribution in [1.82, 2.24) is 15.0 Å². The number of nitrogens with zero attached hydrogens (tertiary/aromatic N) is 3. The summed E-state index contributed by atoms with van der Waals surface area (Å²) in [5, 5.41) is 8.14. The maximum atomic E-state index is 6.01. The minimum absolute atomic E-state index is 0.0678. The van der Waals surface area contributed by atoms with Crippen molar-refractivity contribution in [3.05, 3.63) is 11.9 Å². The molecular formula is C13H25N3O. The Morgan fingerprint density at radius 1 is 1.29 bits per heavy atom. The smallest absolute Gasteiger partial charge is 0.0822 e. The number of ether oxygens (including phenoxy) is 1. The van der Waals surface area contributed by atoms with Crippen molar-refractivity contribution in [3.63, 3.8) is 0 Å². The van der Waals surface area contributed by atoms with Gasteiger partial charge in [0.2, 0.25) is 0 Å². The molecule has 0 saturated carbocycles. The molecule has 1 aromatic rings. The van der Waals surface area contributed by atoms with E-state index in [1.165, 1.54) is 0 Å². The summed E-state index contributed by atoms with van der Waals surface area (Å²) < 4.78 is 7.89. The SMILES string of the molecule is CCCC(C)(C)OCC(C)(C)n1cc(C)nn1. The van der Waals surface area contributed by atoms with Gasteiger partial charge >= 0.3 is 0 Å². The third kappa shape index (κ3) is 4.11. The van der Waals surface area contributed by atoms with Gasteiger partial charge in [0.1, 0.15) is 0 Å². The van der Waals surface area contributed by atoms with E-state index in [9.17, 15) is 0 Å². The van der Waals surface area contributed by atoms with Crippen molar-refractivity contribution in [2.24, 2.45) is 0 Å². The third-order valence-corrected chi connectivity index (χ3v) is 2.90. The highest BCUT2D eigenvalue weighted by atomic mass is 16.5. The predicted molar refractivity (Wildman–Crippen MR) is 69.0 cm³/mol. The second-order valence-corrected chi connectivity index (χ2v) is 5.92. The lowest BCUT2D eigenvalue weighted by Crippen LogP contribution is -2.37. The molecule has 0 aliphatic rings. The van der Waals surface area contributed by atoms with Gasteiger partial charge in [-0.1, -0.05) is 18.6 Å². The van der Waals surface area contributed by atoms with Crippen molar-refractivity contribution in [2.75, 3.05) is 6.61 Å². The molecule has 1 aromatic heterocycles. The summed E-state index contributed by atoms with van der Waals surface area (Å²) in [7, 11) is 0. The maximum Gasteiger partial charge on any atom is 0.0822 e. The number of aromatic nitrogens is 3. The van der Waals surface area contributed by atoms with E-state index in [0.29, 0.717) is 6.61 Å². The molecule has 1 rings (SSSR count). The Bertz CT molecular complexity index is 355. The van der Waals surface area contributed by atoms with Crippen LogP contribution < -0.4 is 0 Å². The fourth-order valence-corrected chi connectivity index (χ4v) is 1.76. The lowest BCUT2D eigenvalue weighted by atomic mass is 10.0. The predicted octanol–water partition coefficient (Wildman–Crippen LogP) is 2.92. The van der Waals surface area contributed by atoms with Crippen molar-refractivity contribution in [1.29, 1.82) is 0 Å². The van der Waals surface area contributed by atoms with Gasteiger partial charge in [-0.2, -0.15) is 0 Å². The van der Waals surface area contributed by atoms with E-state index >= 15 is 0 Å². The number of rotatable bonds is 6. The van der Waals surface area contributed by atoms with Gasteiger partial charge in [-0.3, -0.25) is 0 Å². The number of hydrogen-bond acceptors (Lipinski definition) is 3. The first kappa shape index (κ1) is 14.2. The third-order valence-electron chi connectivity index (χ3n) is 2.90. The Morgan fingerprint density at radius 2 is 1.94 bits per heavy atom. The molecule has 17 heavy (non-hydrogen) atoms. The molecule has 0 N–H and O–H groups in total. The van der Waals surface area contributed by atoms with E-state index in [0.717, 1.165) is 18.5 Å². The zero-order chi connectivity index (χ0) is 13.1. The van der Waals surface area contributed by atoms with Crippen LogP contribution in [0.3, 0.4) is 0 Å². The molecule has 0 aliphatic carbocycles.